The number of carbonyl (C=O) groups excluding carboxylic acids is 2. The van der Waals surface area contributed by atoms with E-state index in [1.165, 1.54) is 42.5 Å². The monoisotopic (exact) mass is 691 g/mol. The number of carbonyl (C=O) groups is 2. The van der Waals surface area contributed by atoms with Crippen molar-refractivity contribution in [2.45, 2.75) is 56.5 Å². The SMILES string of the molecule is COc1cc2c(Oc3ccc(CC(=O)C4(C(=O)Nc5ccc(F)c(F)c5)CC4)cc3F)ccnc2cc1OCC1(NC2CCSCC2)CC1. The molecule has 2 N–H and O–H groups in total. The fourth-order valence-electron chi connectivity index (χ4n) is 6.25. The molecule has 7 rings (SSSR count). The number of amides is 1. The fraction of sp³-hybridized carbons (Fsp3) is 0.378. The molecule has 3 aliphatic rings. The van der Waals surface area contributed by atoms with E-state index >= 15 is 4.39 Å². The highest BCUT2D eigenvalue weighted by atomic mass is 32.2. The zero-order valence-electron chi connectivity index (χ0n) is 27.0. The minimum atomic E-state index is -1.29. The molecular formula is C37H36F3N3O5S. The van der Waals surface area contributed by atoms with Gasteiger partial charge in [-0.1, -0.05) is 6.07 Å². The van der Waals surface area contributed by atoms with Crippen LogP contribution in [-0.2, 0) is 16.0 Å². The van der Waals surface area contributed by atoms with E-state index in [0.717, 1.165) is 25.0 Å². The number of methoxy groups -OCH3 is 1. The third-order valence-electron chi connectivity index (χ3n) is 9.55. The standard InChI is InChI=1S/C37H36F3N3O5S/c1-46-32-19-25-29(20-33(32)47-21-36(9-10-36)43-23-7-14-49-15-8-23)41-13-6-30(25)48-31-5-2-22(16-28(31)40)17-34(44)37(11-12-37)35(45)42-24-3-4-26(38)27(39)18-24/h2-6,13,16,18-20,23,43H,7-12,14-15,17,21H2,1H3,(H,42,45). The number of hydrogen-bond acceptors (Lipinski definition) is 8. The van der Waals surface area contributed by atoms with Crippen molar-refractivity contribution in [1.29, 1.82) is 0 Å². The number of hydrogen-bond donors (Lipinski definition) is 2. The number of ketones is 1. The molecule has 2 aliphatic carbocycles. The van der Waals surface area contributed by atoms with Crippen LogP contribution in [0.1, 0.15) is 44.1 Å². The summed E-state index contributed by atoms with van der Waals surface area (Å²) in [5, 5.41) is 6.93. The summed E-state index contributed by atoms with van der Waals surface area (Å²) in [4.78, 5) is 30.6. The van der Waals surface area contributed by atoms with E-state index in [1.807, 2.05) is 11.8 Å². The topological polar surface area (TPSA) is 98.8 Å². The van der Waals surface area contributed by atoms with Crippen molar-refractivity contribution in [3.8, 4) is 23.0 Å². The Labute approximate surface area is 286 Å². The lowest BCUT2D eigenvalue weighted by Crippen LogP contribution is -2.45. The second kappa shape index (κ2) is 13.5. The first-order chi connectivity index (χ1) is 23.7. The molecule has 0 radical (unpaired) electrons. The number of fused-ring (bicyclic) bond motifs is 1. The summed E-state index contributed by atoms with van der Waals surface area (Å²) in [6.45, 7) is 0.523. The predicted octanol–water partition coefficient (Wildman–Crippen LogP) is 7.38. The maximum atomic E-state index is 15.4. The molecule has 1 saturated heterocycles. The van der Waals surface area contributed by atoms with Crippen LogP contribution in [0.4, 0.5) is 18.9 Å². The number of nitrogens with zero attached hydrogens (tertiary/aromatic N) is 1. The van der Waals surface area contributed by atoms with E-state index in [9.17, 15) is 18.4 Å². The van der Waals surface area contributed by atoms with E-state index < -0.39 is 28.8 Å². The van der Waals surface area contributed by atoms with Crippen LogP contribution in [0.2, 0.25) is 0 Å². The molecule has 2 heterocycles. The largest absolute Gasteiger partial charge is 0.493 e. The molecule has 0 atom stereocenters. The van der Waals surface area contributed by atoms with Gasteiger partial charge in [0.05, 0.1) is 18.2 Å². The summed E-state index contributed by atoms with van der Waals surface area (Å²) >= 11 is 2.00. The molecule has 2 saturated carbocycles. The lowest BCUT2D eigenvalue weighted by atomic mass is 9.94. The van der Waals surface area contributed by atoms with E-state index in [0.29, 0.717) is 59.2 Å². The molecule has 0 bridgehead atoms. The second-order valence-corrected chi connectivity index (χ2v) is 14.3. The molecule has 256 valence electrons. The number of anilines is 1. The van der Waals surface area contributed by atoms with Gasteiger partial charge in [-0.15, -0.1) is 0 Å². The Morgan fingerprint density at radius 3 is 2.37 bits per heavy atom. The molecule has 0 spiro atoms. The van der Waals surface area contributed by atoms with Crippen LogP contribution in [-0.4, -0.2) is 53.5 Å². The third-order valence-corrected chi connectivity index (χ3v) is 10.6. The fourth-order valence-corrected chi connectivity index (χ4v) is 7.36. The van der Waals surface area contributed by atoms with Gasteiger partial charge >= 0.3 is 0 Å². The molecule has 3 aromatic carbocycles. The molecule has 1 aliphatic heterocycles. The van der Waals surface area contributed by atoms with Crippen molar-refractivity contribution in [3.05, 3.63) is 83.8 Å². The molecular weight excluding hydrogens is 655 g/mol. The number of ether oxygens (including phenoxy) is 3. The van der Waals surface area contributed by atoms with E-state index in [2.05, 4.69) is 15.6 Å². The molecule has 8 nitrogen and oxygen atoms in total. The van der Waals surface area contributed by atoms with Gasteiger partial charge in [-0.05, 0) is 92.0 Å². The van der Waals surface area contributed by atoms with Gasteiger partial charge in [-0.25, -0.2) is 13.2 Å². The molecule has 3 fully saturated rings. The lowest BCUT2D eigenvalue weighted by molar-refractivity contribution is -0.132. The van der Waals surface area contributed by atoms with Crippen molar-refractivity contribution in [2.24, 2.45) is 5.41 Å². The van der Waals surface area contributed by atoms with Gasteiger partial charge in [-0.2, -0.15) is 11.8 Å². The highest BCUT2D eigenvalue weighted by Gasteiger charge is 2.55. The van der Waals surface area contributed by atoms with Gasteiger partial charge in [-0.3, -0.25) is 14.6 Å². The molecule has 49 heavy (non-hydrogen) atoms. The van der Waals surface area contributed by atoms with Crippen molar-refractivity contribution < 1.29 is 37.0 Å². The summed E-state index contributed by atoms with van der Waals surface area (Å²) in [5.74, 6) is -0.0669. The van der Waals surface area contributed by atoms with Crippen LogP contribution in [0.15, 0.2) is 60.8 Å². The Balaban J connectivity index is 1.01. The number of Topliss-reactive ketones (excluding diaryl/α,β-unsaturated/α-hetero) is 1. The Bertz CT molecular complexity index is 1910. The Morgan fingerprint density at radius 2 is 1.67 bits per heavy atom. The van der Waals surface area contributed by atoms with Crippen molar-refractivity contribution in [3.63, 3.8) is 0 Å². The van der Waals surface area contributed by atoms with Crippen LogP contribution in [0, 0.1) is 22.9 Å². The summed E-state index contributed by atoms with van der Waals surface area (Å²) in [5.41, 5.74) is -0.299. The summed E-state index contributed by atoms with van der Waals surface area (Å²) in [7, 11) is 1.56. The van der Waals surface area contributed by atoms with Gasteiger partial charge in [0.25, 0.3) is 0 Å². The summed E-state index contributed by atoms with van der Waals surface area (Å²) in [6.07, 6.45) is 6.49. The highest BCUT2D eigenvalue weighted by Crippen LogP contribution is 2.48. The molecule has 4 aromatic rings. The maximum absolute atomic E-state index is 15.4. The highest BCUT2D eigenvalue weighted by molar-refractivity contribution is 7.99. The Kier molecular flexibility index (Phi) is 9.19. The quantitative estimate of drug-likeness (QED) is 0.140. The van der Waals surface area contributed by atoms with Crippen molar-refractivity contribution in [1.82, 2.24) is 10.3 Å². The summed E-state index contributed by atoms with van der Waals surface area (Å²) < 4.78 is 60.2. The average Bonchev–Trinajstić information content (AvgIpc) is 4.04. The molecule has 1 aromatic heterocycles. The molecule has 1 amide bonds. The molecule has 0 unspecified atom stereocenters. The Hall–Kier alpha value is -4.29. The Morgan fingerprint density at radius 1 is 0.878 bits per heavy atom. The average molecular weight is 692 g/mol. The third kappa shape index (κ3) is 7.21. The van der Waals surface area contributed by atoms with Gasteiger partial charge in [0.2, 0.25) is 5.91 Å². The first kappa shape index (κ1) is 33.2. The second-order valence-electron chi connectivity index (χ2n) is 13.1. The van der Waals surface area contributed by atoms with E-state index in [4.69, 9.17) is 14.2 Å². The number of rotatable bonds is 13. The van der Waals surface area contributed by atoms with Crippen LogP contribution in [0.25, 0.3) is 10.9 Å². The van der Waals surface area contributed by atoms with E-state index in [1.54, 1.807) is 37.6 Å². The predicted molar refractivity (Wildman–Crippen MR) is 181 cm³/mol. The number of pyridine rings is 1. The minimum Gasteiger partial charge on any atom is -0.493 e. The lowest BCUT2D eigenvalue weighted by Gasteiger charge is -2.28. The zero-order valence-corrected chi connectivity index (χ0v) is 27.8. The van der Waals surface area contributed by atoms with E-state index in [-0.39, 0.29) is 29.2 Å². The van der Waals surface area contributed by atoms with Gasteiger partial charge in [0, 0.05) is 41.9 Å². The number of nitrogens with one attached hydrogen (secondary N) is 2. The first-order valence-corrected chi connectivity index (χ1v) is 17.5. The van der Waals surface area contributed by atoms with Crippen LogP contribution in [0.5, 0.6) is 23.0 Å². The molecule has 12 heteroatoms. The number of benzene rings is 3. The van der Waals surface area contributed by atoms with Crippen LogP contribution < -0.4 is 24.8 Å². The maximum Gasteiger partial charge on any atom is 0.238 e. The summed E-state index contributed by atoms with van der Waals surface area (Å²) in [6, 6.07) is 12.9. The van der Waals surface area contributed by atoms with Gasteiger partial charge < -0.3 is 24.8 Å². The van der Waals surface area contributed by atoms with Crippen LogP contribution in [0.3, 0.4) is 0 Å². The van der Waals surface area contributed by atoms with Crippen molar-refractivity contribution >= 4 is 40.0 Å². The number of aromatic nitrogens is 1. The number of thioether (sulfide) groups is 1. The first-order valence-electron chi connectivity index (χ1n) is 16.4. The van der Waals surface area contributed by atoms with Crippen LogP contribution >= 0.6 is 11.8 Å². The normalized spacial score (nSPS) is 17.7. The van der Waals surface area contributed by atoms with Gasteiger partial charge in [0.1, 0.15) is 17.8 Å². The van der Waals surface area contributed by atoms with Crippen molar-refractivity contribution in [2.75, 3.05) is 30.5 Å². The minimum absolute atomic E-state index is 0.0182. The van der Waals surface area contributed by atoms with Gasteiger partial charge in [0.15, 0.2) is 40.5 Å². The smallest absolute Gasteiger partial charge is 0.238 e. The zero-order chi connectivity index (χ0) is 34.2. The number of halogens is 3.